The number of thioether (sulfide) groups is 1. The first-order valence-electron chi connectivity index (χ1n) is 11.2. The SMILES string of the molecule is O=C(Cn1ccnc1-c1ccnc(N2CCSCC2)c1)N1CCN(c2ccccc2)CC1. The van der Waals surface area contributed by atoms with Gasteiger partial charge in [0.1, 0.15) is 18.2 Å². The number of benzene rings is 1. The van der Waals surface area contributed by atoms with Gasteiger partial charge >= 0.3 is 0 Å². The van der Waals surface area contributed by atoms with Crippen LogP contribution in [0.4, 0.5) is 11.5 Å². The van der Waals surface area contributed by atoms with Gasteiger partial charge in [0, 0.05) is 80.6 Å². The fourth-order valence-corrected chi connectivity index (χ4v) is 5.22. The van der Waals surface area contributed by atoms with Crippen molar-refractivity contribution in [3.63, 3.8) is 0 Å². The summed E-state index contributed by atoms with van der Waals surface area (Å²) in [4.78, 5) is 28.8. The van der Waals surface area contributed by atoms with E-state index in [1.54, 1.807) is 6.20 Å². The first-order valence-corrected chi connectivity index (χ1v) is 12.3. The number of hydrogen-bond acceptors (Lipinski definition) is 6. The molecule has 166 valence electrons. The fraction of sp³-hybridized carbons (Fsp3) is 0.375. The van der Waals surface area contributed by atoms with E-state index in [4.69, 9.17) is 0 Å². The topological polar surface area (TPSA) is 57.5 Å². The predicted octanol–water partition coefficient (Wildman–Crippen LogP) is 2.85. The van der Waals surface area contributed by atoms with Crippen LogP contribution < -0.4 is 9.80 Å². The van der Waals surface area contributed by atoms with Crippen molar-refractivity contribution < 1.29 is 4.79 Å². The molecule has 0 N–H and O–H groups in total. The molecular formula is C24H28N6OS. The summed E-state index contributed by atoms with van der Waals surface area (Å²) in [5.74, 6) is 4.20. The number of nitrogens with zero attached hydrogens (tertiary/aromatic N) is 6. The maximum absolute atomic E-state index is 13.0. The van der Waals surface area contributed by atoms with Crippen molar-refractivity contribution in [2.24, 2.45) is 0 Å². The molecule has 0 aliphatic carbocycles. The highest BCUT2D eigenvalue weighted by atomic mass is 32.2. The van der Waals surface area contributed by atoms with Gasteiger partial charge in [-0.05, 0) is 24.3 Å². The van der Waals surface area contributed by atoms with E-state index in [9.17, 15) is 4.79 Å². The zero-order valence-corrected chi connectivity index (χ0v) is 19.0. The second kappa shape index (κ2) is 9.65. The number of aromatic nitrogens is 3. The molecular weight excluding hydrogens is 420 g/mol. The number of para-hydroxylation sites is 1. The highest BCUT2D eigenvalue weighted by Gasteiger charge is 2.22. The molecule has 32 heavy (non-hydrogen) atoms. The molecule has 0 saturated carbocycles. The van der Waals surface area contributed by atoms with Crippen molar-refractivity contribution in [1.82, 2.24) is 19.4 Å². The lowest BCUT2D eigenvalue weighted by molar-refractivity contribution is -0.132. The molecule has 5 rings (SSSR count). The monoisotopic (exact) mass is 448 g/mol. The van der Waals surface area contributed by atoms with Crippen LogP contribution in [0.5, 0.6) is 0 Å². The van der Waals surface area contributed by atoms with Gasteiger partial charge in [0.25, 0.3) is 0 Å². The Balaban J connectivity index is 1.24. The Morgan fingerprint density at radius 1 is 0.875 bits per heavy atom. The van der Waals surface area contributed by atoms with Gasteiger partial charge in [0.2, 0.25) is 5.91 Å². The summed E-state index contributed by atoms with van der Waals surface area (Å²) in [6, 6.07) is 14.5. The number of piperazine rings is 1. The molecule has 2 aliphatic heterocycles. The van der Waals surface area contributed by atoms with E-state index in [-0.39, 0.29) is 5.91 Å². The van der Waals surface area contributed by atoms with Crippen LogP contribution in [0, 0.1) is 0 Å². The Hall–Kier alpha value is -3.00. The molecule has 2 fully saturated rings. The Morgan fingerprint density at radius 3 is 2.44 bits per heavy atom. The third-order valence-electron chi connectivity index (χ3n) is 6.11. The zero-order chi connectivity index (χ0) is 21.8. The standard InChI is InChI=1S/C24H28N6OS/c31-23(29-12-10-27(11-13-29)21-4-2-1-3-5-21)19-30-9-8-26-24(30)20-6-7-25-22(18-20)28-14-16-32-17-15-28/h1-9,18H,10-17,19H2. The summed E-state index contributed by atoms with van der Waals surface area (Å²) in [5, 5.41) is 0. The molecule has 4 heterocycles. The molecule has 1 amide bonds. The molecule has 1 aromatic carbocycles. The van der Waals surface area contributed by atoms with E-state index in [1.807, 2.05) is 45.8 Å². The van der Waals surface area contributed by atoms with Crippen LogP contribution in [0.3, 0.4) is 0 Å². The van der Waals surface area contributed by atoms with Crippen molar-refractivity contribution in [2.75, 3.05) is 60.6 Å². The normalized spacial score (nSPS) is 16.9. The highest BCUT2D eigenvalue weighted by molar-refractivity contribution is 7.99. The Bertz CT molecular complexity index is 1040. The lowest BCUT2D eigenvalue weighted by Gasteiger charge is -2.36. The number of carbonyl (C=O) groups is 1. The van der Waals surface area contributed by atoms with Crippen LogP contribution in [0.2, 0.25) is 0 Å². The summed E-state index contributed by atoms with van der Waals surface area (Å²) in [5.41, 5.74) is 2.22. The number of anilines is 2. The number of amides is 1. The molecule has 0 atom stereocenters. The molecule has 0 radical (unpaired) electrons. The lowest BCUT2D eigenvalue weighted by atomic mass is 10.2. The van der Waals surface area contributed by atoms with Gasteiger partial charge < -0.3 is 19.3 Å². The minimum Gasteiger partial charge on any atom is -0.368 e. The van der Waals surface area contributed by atoms with Crippen molar-refractivity contribution in [3.8, 4) is 11.4 Å². The van der Waals surface area contributed by atoms with E-state index < -0.39 is 0 Å². The van der Waals surface area contributed by atoms with Crippen molar-refractivity contribution in [3.05, 3.63) is 61.1 Å². The molecule has 7 nitrogen and oxygen atoms in total. The minimum absolute atomic E-state index is 0.138. The summed E-state index contributed by atoms with van der Waals surface area (Å²) in [7, 11) is 0. The second-order valence-corrected chi connectivity index (χ2v) is 9.31. The quantitative estimate of drug-likeness (QED) is 0.598. The number of pyridine rings is 1. The van der Waals surface area contributed by atoms with Gasteiger partial charge in [-0.3, -0.25) is 4.79 Å². The first-order chi connectivity index (χ1) is 15.8. The van der Waals surface area contributed by atoms with Crippen LogP contribution >= 0.6 is 11.8 Å². The summed E-state index contributed by atoms with van der Waals surface area (Å²) in [6.45, 7) is 5.53. The molecule has 0 spiro atoms. The van der Waals surface area contributed by atoms with Gasteiger partial charge in [-0.25, -0.2) is 9.97 Å². The van der Waals surface area contributed by atoms with Crippen LogP contribution in [0.1, 0.15) is 0 Å². The van der Waals surface area contributed by atoms with Crippen LogP contribution in [0.25, 0.3) is 11.4 Å². The van der Waals surface area contributed by atoms with Crippen molar-refractivity contribution in [2.45, 2.75) is 6.54 Å². The Labute approximate surface area is 193 Å². The number of carbonyl (C=O) groups excluding carboxylic acids is 1. The van der Waals surface area contributed by atoms with Crippen LogP contribution in [-0.4, -0.2) is 76.1 Å². The van der Waals surface area contributed by atoms with Gasteiger partial charge in [0.05, 0.1) is 0 Å². The smallest absolute Gasteiger partial charge is 0.242 e. The van der Waals surface area contributed by atoms with E-state index in [2.05, 4.69) is 50.1 Å². The average molecular weight is 449 g/mol. The third-order valence-corrected chi connectivity index (χ3v) is 7.06. The first kappa shape index (κ1) is 20.9. The zero-order valence-electron chi connectivity index (χ0n) is 18.1. The largest absolute Gasteiger partial charge is 0.368 e. The second-order valence-electron chi connectivity index (χ2n) is 8.08. The Kier molecular flexibility index (Phi) is 6.29. The van der Waals surface area contributed by atoms with E-state index >= 15 is 0 Å². The summed E-state index contributed by atoms with van der Waals surface area (Å²) < 4.78 is 1.96. The molecule has 8 heteroatoms. The Morgan fingerprint density at radius 2 is 1.66 bits per heavy atom. The van der Waals surface area contributed by atoms with Crippen molar-refractivity contribution >= 4 is 29.2 Å². The van der Waals surface area contributed by atoms with Gasteiger partial charge in [-0.15, -0.1) is 0 Å². The van der Waals surface area contributed by atoms with Gasteiger partial charge in [-0.2, -0.15) is 11.8 Å². The molecule has 2 aliphatic rings. The molecule has 0 unspecified atom stereocenters. The van der Waals surface area contributed by atoms with Crippen LogP contribution in [-0.2, 0) is 11.3 Å². The molecule has 2 saturated heterocycles. The predicted molar refractivity (Wildman–Crippen MR) is 130 cm³/mol. The van der Waals surface area contributed by atoms with Crippen LogP contribution in [0.15, 0.2) is 61.1 Å². The maximum atomic E-state index is 13.0. The number of hydrogen-bond donors (Lipinski definition) is 0. The average Bonchev–Trinajstić information content (AvgIpc) is 3.33. The van der Waals surface area contributed by atoms with E-state index in [0.717, 1.165) is 68.0 Å². The van der Waals surface area contributed by atoms with Crippen molar-refractivity contribution in [1.29, 1.82) is 0 Å². The van der Waals surface area contributed by atoms with E-state index in [1.165, 1.54) is 5.69 Å². The molecule has 3 aromatic rings. The summed E-state index contributed by atoms with van der Waals surface area (Å²) >= 11 is 1.99. The number of rotatable bonds is 5. The molecule has 2 aromatic heterocycles. The van der Waals surface area contributed by atoms with E-state index in [0.29, 0.717) is 6.54 Å². The lowest BCUT2D eigenvalue weighted by Crippen LogP contribution is -2.49. The summed E-state index contributed by atoms with van der Waals surface area (Å²) in [6.07, 6.45) is 5.51. The third kappa shape index (κ3) is 4.60. The molecule has 0 bridgehead atoms. The van der Waals surface area contributed by atoms with Gasteiger partial charge in [0.15, 0.2) is 0 Å². The van der Waals surface area contributed by atoms with Gasteiger partial charge in [-0.1, -0.05) is 18.2 Å². The maximum Gasteiger partial charge on any atom is 0.242 e. The number of imidazole rings is 1. The highest BCUT2D eigenvalue weighted by Crippen LogP contribution is 2.24. The minimum atomic E-state index is 0.138. The fourth-order valence-electron chi connectivity index (χ4n) is 4.32.